The number of carbonyl (C=O) groups excluding carboxylic acids is 1. The first-order valence-electron chi connectivity index (χ1n) is 8.99. The first kappa shape index (κ1) is 18.8. The van der Waals surface area contributed by atoms with Crippen LogP contribution in [0.3, 0.4) is 0 Å². The summed E-state index contributed by atoms with van der Waals surface area (Å²) in [5.41, 5.74) is 6.46. The van der Waals surface area contributed by atoms with Crippen LogP contribution in [0.25, 0.3) is 5.57 Å². The minimum absolute atomic E-state index is 0.293. The zero-order valence-corrected chi connectivity index (χ0v) is 15.1. The highest BCUT2D eigenvalue weighted by Crippen LogP contribution is 2.24. The molecule has 0 saturated heterocycles. The molecule has 2 aromatic rings. The molecule has 0 aliphatic rings. The monoisotopic (exact) mass is 334 g/mol. The van der Waals surface area contributed by atoms with Gasteiger partial charge >= 0.3 is 5.97 Å². The molecule has 0 heterocycles. The summed E-state index contributed by atoms with van der Waals surface area (Å²) >= 11 is 0. The number of hydrogen-bond acceptors (Lipinski definition) is 2. The van der Waals surface area contributed by atoms with Crippen LogP contribution in [-0.2, 0) is 9.53 Å². The average Bonchev–Trinajstić information content (AvgIpc) is 2.64. The van der Waals surface area contributed by atoms with Gasteiger partial charge in [0.2, 0.25) is 0 Å². The molecule has 0 aliphatic carbocycles. The number of unbranched alkanes of at least 4 members (excludes halogenated alkanes) is 3. The summed E-state index contributed by atoms with van der Waals surface area (Å²) in [5.74, 6) is 0.324. The topological polar surface area (TPSA) is 26.3 Å². The highest BCUT2D eigenvalue weighted by Gasteiger charge is 2.07. The highest BCUT2D eigenvalue weighted by atomic mass is 16.5. The van der Waals surface area contributed by atoms with E-state index in [0.29, 0.717) is 5.76 Å². The van der Waals surface area contributed by atoms with E-state index in [1.165, 1.54) is 19.8 Å². The molecule has 0 saturated carbocycles. The smallest absolute Gasteiger partial charge is 0.308 e. The lowest BCUT2D eigenvalue weighted by atomic mass is 9.98. The normalized spacial score (nSPS) is 10.0. The maximum atomic E-state index is 11.5. The van der Waals surface area contributed by atoms with Crippen LogP contribution in [0.15, 0.2) is 72.2 Å². The lowest BCUT2D eigenvalue weighted by Gasteiger charge is -2.08. The molecule has 2 rings (SSSR count). The molecular formula is C23H26O2. The third-order valence-corrected chi connectivity index (χ3v) is 3.91. The summed E-state index contributed by atoms with van der Waals surface area (Å²) in [5, 5.41) is 0. The summed E-state index contributed by atoms with van der Waals surface area (Å²) in [4.78, 5) is 11.5. The Bertz CT molecular complexity index is 682. The predicted octanol–water partition coefficient (Wildman–Crippen LogP) is 6.13. The van der Waals surface area contributed by atoms with Crippen molar-refractivity contribution in [2.75, 3.05) is 0 Å². The number of allylic oxidation sites excluding steroid dienone is 1. The molecule has 0 aliphatic heterocycles. The largest absolute Gasteiger partial charge is 0.423 e. The second-order valence-electron chi connectivity index (χ2n) is 6.06. The van der Waals surface area contributed by atoms with Crippen molar-refractivity contribution in [3.63, 3.8) is 0 Å². The molecule has 0 unspecified atom stereocenters. The van der Waals surface area contributed by atoms with E-state index in [4.69, 9.17) is 4.74 Å². The van der Waals surface area contributed by atoms with E-state index in [1.54, 1.807) is 0 Å². The van der Waals surface area contributed by atoms with E-state index in [1.807, 2.05) is 36.4 Å². The van der Waals surface area contributed by atoms with Crippen molar-refractivity contribution in [1.82, 2.24) is 0 Å². The molecule has 2 heteroatoms. The third kappa shape index (κ3) is 6.45. The van der Waals surface area contributed by atoms with Crippen LogP contribution in [0.1, 0.15) is 57.1 Å². The fraction of sp³-hybridized carbons (Fsp3) is 0.304. The van der Waals surface area contributed by atoms with Crippen LogP contribution in [0.2, 0.25) is 0 Å². The number of esters is 1. The molecule has 0 fully saturated rings. The van der Waals surface area contributed by atoms with Crippen LogP contribution in [0.5, 0.6) is 0 Å². The van der Waals surface area contributed by atoms with Crippen molar-refractivity contribution >= 4 is 11.5 Å². The van der Waals surface area contributed by atoms with Crippen LogP contribution in [-0.4, -0.2) is 5.97 Å². The summed E-state index contributed by atoms with van der Waals surface area (Å²) in [7, 11) is 0. The van der Waals surface area contributed by atoms with Gasteiger partial charge in [0.15, 0.2) is 5.76 Å². The molecule has 0 amide bonds. The number of hydrogen-bond donors (Lipinski definition) is 0. The second-order valence-corrected chi connectivity index (χ2v) is 6.06. The quantitative estimate of drug-likeness (QED) is 0.251. The molecule has 2 aromatic carbocycles. The fourth-order valence-electron chi connectivity index (χ4n) is 2.68. The Balaban J connectivity index is 2.45. The predicted molar refractivity (Wildman–Crippen MR) is 103 cm³/mol. The molecular weight excluding hydrogens is 308 g/mol. The molecule has 0 atom stereocenters. The molecule has 0 radical (unpaired) electrons. The van der Waals surface area contributed by atoms with E-state index in [0.717, 1.165) is 36.0 Å². The Morgan fingerprint density at radius 3 is 1.92 bits per heavy atom. The maximum Gasteiger partial charge on any atom is 0.308 e. The van der Waals surface area contributed by atoms with Gasteiger partial charge in [-0.3, -0.25) is 4.79 Å². The van der Waals surface area contributed by atoms with E-state index < -0.39 is 0 Å². The van der Waals surface area contributed by atoms with Crippen molar-refractivity contribution in [3.8, 4) is 0 Å². The van der Waals surface area contributed by atoms with Gasteiger partial charge in [0.1, 0.15) is 0 Å². The van der Waals surface area contributed by atoms with Gasteiger partial charge in [0.05, 0.1) is 0 Å². The van der Waals surface area contributed by atoms with Crippen molar-refractivity contribution < 1.29 is 9.53 Å². The first-order chi connectivity index (χ1) is 12.2. The lowest BCUT2D eigenvalue weighted by molar-refractivity contribution is -0.137. The summed E-state index contributed by atoms with van der Waals surface area (Å²) in [6, 6.07) is 20.2. The minimum Gasteiger partial charge on any atom is -0.423 e. The molecule has 130 valence electrons. The van der Waals surface area contributed by atoms with Gasteiger partial charge in [0.25, 0.3) is 0 Å². The highest BCUT2D eigenvalue weighted by molar-refractivity contribution is 5.79. The van der Waals surface area contributed by atoms with Crippen molar-refractivity contribution in [3.05, 3.63) is 83.3 Å². The van der Waals surface area contributed by atoms with Gasteiger partial charge in [-0.25, -0.2) is 0 Å². The molecule has 25 heavy (non-hydrogen) atoms. The van der Waals surface area contributed by atoms with E-state index in [9.17, 15) is 4.79 Å². The molecule has 0 aromatic heterocycles. The van der Waals surface area contributed by atoms with Gasteiger partial charge in [0, 0.05) is 18.9 Å². The molecule has 0 bridgehead atoms. The lowest BCUT2D eigenvalue weighted by Crippen LogP contribution is -1.99. The second kappa shape index (κ2) is 10.3. The van der Waals surface area contributed by atoms with Crippen molar-refractivity contribution in [1.29, 1.82) is 0 Å². The van der Waals surface area contributed by atoms with Gasteiger partial charge in [-0.05, 0) is 17.5 Å². The molecule has 0 spiro atoms. The van der Waals surface area contributed by atoms with Crippen LogP contribution < -0.4 is 0 Å². The van der Waals surface area contributed by atoms with Crippen molar-refractivity contribution in [2.45, 2.75) is 46.0 Å². The Hall–Kier alpha value is -2.57. The van der Waals surface area contributed by atoms with Crippen LogP contribution in [0, 0.1) is 0 Å². The van der Waals surface area contributed by atoms with Gasteiger partial charge in [-0.15, -0.1) is 0 Å². The van der Waals surface area contributed by atoms with Gasteiger partial charge in [-0.2, -0.15) is 0 Å². The zero-order chi connectivity index (χ0) is 17.9. The van der Waals surface area contributed by atoms with Gasteiger partial charge in [-0.1, -0.05) is 92.6 Å². The molecule has 0 N–H and O–H groups in total. The van der Waals surface area contributed by atoms with E-state index in [-0.39, 0.29) is 5.97 Å². The first-order valence-corrected chi connectivity index (χ1v) is 8.99. The summed E-state index contributed by atoms with van der Waals surface area (Å²) in [6.07, 6.45) is 5.24. The zero-order valence-electron chi connectivity index (χ0n) is 15.1. The minimum atomic E-state index is -0.293. The van der Waals surface area contributed by atoms with Crippen molar-refractivity contribution in [2.24, 2.45) is 0 Å². The number of rotatable bonds is 8. The van der Waals surface area contributed by atoms with E-state index in [2.05, 4.69) is 36.9 Å². The third-order valence-electron chi connectivity index (χ3n) is 3.91. The number of ether oxygens (including phenoxy) is 1. The maximum absolute atomic E-state index is 11.5. The SMILES string of the molecule is CCCCCCC(=C=C(c1ccccc1)c1ccccc1)OC(C)=O. The summed E-state index contributed by atoms with van der Waals surface area (Å²) in [6.45, 7) is 3.63. The molecule has 2 nitrogen and oxygen atoms in total. The Labute approximate surface area is 150 Å². The average molecular weight is 334 g/mol. The summed E-state index contributed by atoms with van der Waals surface area (Å²) < 4.78 is 5.45. The number of benzene rings is 2. The standard InChI is InChI=1S/C23H26O2/c1-3-4-5-12-17-22(25-19(2)24)18-23(20-13-8-6-9-14-20)21-15-10-7-11-16-21/h6-11,13-16H,3-5,12,17H2,1-2H3. The van der Waals surface area contributed by atoms with E-state index >= 15 is 0 Å². The van der Waals surface area contributed by atoms with Crippen LogP contribution >= 0.6 is 0 Å². The fourth-order valence-corrected chi connectivity index (χ4v) is 2.68. The Kier molecular flexibility index (Phi) is 7.75. The van der Waals surface area contributed by atoms with Crippen LogP contribution in [0.4, 0.5) is 0 Å². The Morgan fingerprint density at radius 1 is 0.880 bits per heavy atom. The van der Waals surface area contributed by atoms with Gasteiger partial charge < -0.3 is 4.74 Å². The Morgan fingerprint density at radius 2 is 1.44 bits per heavy atom. The number of carbonyl (C=O) groups is 1.